The molecule has 0 saturated carbocycles. The Morgan fingerprint density at radius 3 is 2.37 bits per heavy atom. The number of aromatic hydroxyl groups is 2. The van der Waals surface area contributed by atoms with Crippen LogP contribution in [0.15, 0.2) is 48.5 Å². The minimum atomic E-state index is -0.0761. The number of nitrogens with one attached hydrogen (secondary N) is 1. The molecule has 0 unspecified atom stereocenters. The molecule has 100 valence electrons. The van der Waals surface area contributed by atoms with Crippen molar-refractivity contribution in [3.63, 3.8) is 0 Å². The van der Waals surface area contributed by atoms with Gasteiger partial charge in [0.05, 0.1) is 0 Å². The van der Waals surface area contributed by atoms with E-state index in [0.717, 1.165) is 24.9 Å². The lowest BCUT2D eigenvalue weighted by Crippen LogP contribution is -2.15. The van der Waals surface area contributed by atoms with Gasteiger partial charge in [0, 0.05) is 6.54 Å². The summed E-state index contributed by atoms with van der Waals surface area (Å²) in [6.45, 7) is 1.62. The normalized spacial score (nSPS) is 10.5. The van der Waals surface area contributed by atoms with Gasteiger partial charge in [-0.3, -0.25) is 0 Å². The van der Waals surface area contributed by atoms with E-state index in [1.165, 1.54) is 11.6 Å². The van der Waals surface area contributed by atoms with Crippen LogP contribution < -0.4 is 5.32 Å². The van der Waals surface area contributed by atoms with Gasteiger partial charge in [-0.15, -0.1) is 0 Å². The van der Waals surface area contributed by atoms with Crippen molar-refractivity contribution in [1.82, 2.24) is 5.32 Å². The van der Waals surface area contributed by atoms with Gasteiger partial charge >= 0.3 is 0 Å². The highest BCUT2D eigenvalue weighted by Gasteiger charge is 2.00. The number of phenols is 2. The van der Waals surface area contributed by atoms with E-state index in [-0.39, 0.29) is 11.5 Å². The molecule has 0 aliphatic heterocycles. The average molecular weight is 257 g/mol. The fourth-order valence-electron chi connectivity index (χ4n) is 1.97. The Bertz CT molecular complexity index is 511. The Labute approximate surface area is 113 Å². The van der Waals surface area contributed by atoms with Crippen LogP contribution >= 0.6 is 0 Å². The van der Waals surface area contributed by atoms with Gasteiger partial charge in [0.2, 0.25) is 0 Å². The summed E-state index contributed by atoms with van der Waals surface area (Å²) in [5.41, 5.74) is 2.32. The van der Waals surface area contributed by atoms with Crippen molar-refractivity contribution in [2.45, 2.75) is 19.4 Å². The quantitative estimate of drug-likeness (QED) is 0.551. The molecule has 19 heavy (non-hydrogen) atoms. The monoisotopic (exact) mass is 257 g/mol. The summed E-state index contributed by atoms with van der Waals surface area (Å²) < 4.78 is 0. The van der Waals surface area contributed by atoms with Gasteiger partial charge in [0.15, 0.2) is 11.5 Å². The van der Waals surface area contributed by atoms with Crippen LogP contribution in [-0.4, -0.2) is 16.8 Å². The first-order valence-electron chi connectivity index (χ1n) is 6.51. The van der Waals surface area contributed by atoms with Crippen molar-refractivity contribution in [2.75, 3.05) is 6.54 Å². The predicted octanol–water partition coefficient (Wildman–Crippen LogP) is 2.82. The molecule has 0 radical (unpaired) electrons. The predicted molar refractivity (Wildman–Crippen MR) is 76.2 cm³/mol. The summed E-state index contributed by atoms with van der Waals surface area (Å²) in [7, 11) is 0. The lowest BCUT2D eigenvalue weighted by Gasteiger charge is -2.06. The molecule has 0 aromatic heterocycles. The van der Waals surface area contributed by atoms with E-state index in [1.54, 1.807) is 12.1 Å². The Kier molecular flexibility index (Phi) is 4.81. The van der Waals surface area contributed by atoms with Crippen molar-refractivity contribution in [3.8, 4) is 11.5 Å². The Morgan fingerprint density at radius 1 is 0.842 bits per heavy atom. The number of phenolic OH excluding ortho intramolecular Hbond substituents is 2. The SMILES string of the molecule is Oc1ccc(CNCCCc2ccccc2)cc1O. The molecule has 0 atom stereocenters. The zero-order valence-electron chi connectivity index (χ0n) is 10.8. The molecule has 0 aliphatic rings. The second-order valence-corrected chi connectivity index (χ2v) is 4.59. The average Bonchev–Trinajstić information content (AvgIpc) is 2.43. The Balaban J connectivity index is 1.68. The van der Waals surface area contributed by atoms with E-state index in [9.17, 15) is 10.2 Å². The maximum absolute atomic E-state index is 9.37. The van der Waals surface area contributed by atoms with Crippen LogP contribution in [0.25, 0.3) is 0 Å². The lowest BCUT2D eigenvalue weighted by atomic mass is 10.1. The van der Waals surface area contributed by atoms with Gasteiger partial charge in [-0.1, -0.05) is 36.4 Å². The fourth-order valence-corrected chi connectivity index (χ4v) is 1.97. The summed E-state index contributed by atoms with van der Waals surface area (Å²) in [4.78, 5) is 0. The maximum Gasteiger partial charge on any atom is 0.157 e. The lowest BCUT2D eigenvalue weighted by molar-refractivity contribution is 0.403. The first kappa shape index (κ1) is 13.4. The topological polar surface area (TPSA) is 52.5 Å². The van der Waals surface area contributed by atoms with E-state index in [0.29, 0.717) is 6.54 Å². The van der Waals surface area contributed by atoms with Crippen LogP contribution in [0.4, 0.5) is 0 Å². The van der Waals surface area contributed by atoms with Crippen molar-refractivity contribution in [3.05, 3.63) is 59.7 Å². The van der Waals surface area contributed by atoms with Crippen molar-refractivity contribution >= 4 is 0 Å². The van der Waals surface area contributed by atoms with Crippen LogP contribution in [0.3, 0.4) is 0 Å². The van der Waals surface area contributed by atoms with Gasteiger partial charge in [0.25, 0.3) is 0 Å². The smallest absolute Gasteiger partial charge is 0.157 e. The second-order valence-electron chi connectivity index (χ2n) is 4.59. The summed E-state index contributed by atoms with van der Waals surface area (Å²) in [5.74, 6) is -0.142. The summed E-state index contributed by atoms with van der Waals surface area (Å²) in [6.07, 6.45) is 2.14. The first-order chi connectivity index (χ1) is 9.25. The standard InChI is InChI=1S/C16H19NO2/c18-15-9-8-14(11-16(15)19)12-17-10-4-7-13-5-2-1-3-6-13/h1-3,5-6,8-9,11,17-19H,4,7,10,12H2. The van der Waals surface area contributed by atoms with Crippen LogP contribution in [0, 0.1) is 0 Å². The highest BCUT2D eigenvalue weighted by molar-refractivity contribution is 5.40. The molecule has 2 aromatic carbocycles. The molecular weight excluding hydrogens is 238 g/mol. The van der Waals surface area contributed by atoms with Gasteiger partial charge in [-0.2, -0.15) is 0 Å². The second kappa shape index (κ2) is 6.81. The number of benzene rings is 2. The zero-order chi connectivity index (χ0) is 13.5. The Hall–Kier alpha value is -2.00. The molecule has 0 aliphatic carbocycles. The molecule has 0 bridgehead atoms. The van der Waals surface area contributed by atoms with E-state index >= 15 is 0 Å². The highest BCUT2D eigenvalue weighted by Crippen LogP contribution is 2.24. The fraction of sp³-hybridized carbons (Fsp3) is 0.250. The Morgan fingerprint density at radius 2 is 1.63 bits per heavy atom. The van der Waals surface area contributed by atoms with Crippen LogP contribution in [0.2, 0.25) is 0 Å². The summed E-state index contributed by atoms with van der Waals surface area (Å²) in [6, 6.07) is 15.3. The first-order valence-corrected chi connectivity index (χ1v) is 6.51. The number of hydrogen-bond donors (Lipinski definition) is 3. The van der Waals surface area contributed by atoms with Gasteiger partial charge in [-0.05, 0) is 42.6 Å². The molecule has 0 saturated heterocycles. The molecule has 0 spiro atoms. The minimum Gasteiger partial charge on any atom is -0.504 e. The number of aryl methyl sites for hydroxylation is 1. The zero-order valence-corrected chi connectivity index (χ0v) is 10.8. The molecular formula is C16H19NO2. The van der Waals surface area contributed by atoms with Crippen molar-refractivity contribution < 1.29 is 10.2 Å². The van der Waals surface area contributed by atoms with E-state index in [4.69, 9.17) is 0 Å². The molecule has 3 N–H and O–H groups in total. The molecule has 3 nitrogen and oxygen atoms in total. The maximum atomic E-state index is 9.37. The third-order valence-corrected chi connectivity index (χ3v) is 3.03. The molecule has 2 aromatic rings. The number of hydrogen-bond acceptors (Lipinski definition) is 3. The third-order valence-electron chi connectivity index (χ3n) is 3.03. The molecule has 0 amide bonds. The van der Waals surface area contributed by atoms with E-state index in [2.05, 4.69) is 29.6 Å². The van der Waals surface area contributed by atoms with Crippen LogP contribution in [-0.2, 0) is 13.0 Å². The van der Waals surface area contributed by atoms with Crippen molar-refractivity contribution in [1.29, 1.82) is 0 Å². The van der Waals surface area contributed by atoms with E-state index in [1.807, 2.05) is 6.07 Å². The molecule has 3 heteroatoms. The van der Waals surface area contributed by atoms with E-state index < -0.39 is 0 Å². The molecule has 2 rings (SSSR count). The van der Waals surface area contributed by atoms with Crippen LogP contribution in [0.1, 0.15) is 17.5 Å². The minimum absolute atomic E-state index is 0.0661. The molecule has 0 heterocycles. The summed E-state index contributed by atoms with van der Waals surface area (Å²) in [5, 5.41) is 21.9. The number of rotatable bonds is 6. The van der Waals surface area contributed by atoms with Gasteiger partial charge in [0.1, 0.15) is 0 Å². The van der Waals surface area contributed by atoms with Gasteiger partial charge < -0.3 is 15.5 Å². The van der Waals surface area contributed by atoms with Gasteiger partial charge in [-0.25, -0.2) is 0 Å². The summed E-state index contributed by atoms with van der Waals surface area (Å²) >= 11 is 0. The van der Waals surface area contributed by atoms with Crippen LogP contribution in [0.5, 0.6) is 11.5 Å². The largest absolute Gasteiger partial charge is 0.504 e. The van der Waals surface area contributed by atoms with Crippen molar-refractivity contribution in [2.24, 2.45) is 0 Å². The highest BCUT2D eigenvalue weighted by atomic mass is 16.3. The molecule has 0 fully saturated rings. The third kappa shape index (κ3) is 4.30.